The molecule has 0 aromatic heterocycles. The van der Waals surface area contributed by atoms with Gasteiger partial charge in [0.2, 0.25) is 5.91 Å². The third kappa shape index (κ3) is 4.11. The van der Waals surface area contributed by atoms with E-state index in [4.69, 9.17) is 10.00 Å². The van der Waals surface area contributed by atoms with Crippen molar-refractivity contribution in [1.29, 1.82) is 5.26 Å². The van der Waals surface area contributed by atoms with Gasteiger partial charge in [-0.25, -0.2) is 4.39 Å². The van der Waals surface area contributed by atoms with Crippen molar-refractivity contribution in [2.45, 2.75) is 12.8 Å². The van der Waals surface area contributed by atoms with Gasteiger partial charge in [0.15, 0.2) is 0 Å². The van der Waals surface area contributed by atoms with Gasteiger partial charge in [0, 0.05) is 6.54 Å². The summed E-state index contributed by atoms with van der Waals surface area (Å²) in [6, 6.07) is 5.98. The average Bonchev–Trinajstić information content (AvgIpc) is 2.30. The van der Waals surface area contributed by atoms with Crippen LogP contribution in [0.15, 0.2) is 18.2 Å². The smallest absolute Gasteiger partial charge is 0.234 e. The maximum atomic E-state index is 13.0. The zero-order valence-electron chi connectivity index (χ0n) is 9.50. The Morgan fingerprint density at radius 2 is 2.35 bits per heavy atom. The molecule has 0 radical (unpaired) electrons. The largest absolute Gasteiger partial charge is 0.496 e. The first kappa shape index (κ1) is 13.0. The van der Waals surface area contributed by atoms with Gasteiger partial charge in [-0.05, 0) is 30.2 Å². The van der Waals surface area contributed by atoms with Crippen LogP contribution in [0.2, 0.25) is 0 Å². The van der Waals surface area contributed by atoms with Gasteiger partial charge in [-0.3, -0.25) is 4.79 Å². The molecule has 1 amide bonds. The molecule has 17 heavy (non-hydrogen) atoms. The molecule has 0 aliphatic carbocycles. The number of halogens is 1. The fourth-order valence-electron chi connectivity index (χ4n) is 1.41. The van der Waals surface area contributed by atoms with E-state index in [9.17, 15) is 9.18 Å². The van der Waals surface area contributed by atoms with Crippen LogP contribution in [-0.4, -0.2) is 19.6 Å². The Morgan fingerprint density at radius 3 is 3.00 bits per heavy atom. The summed E-state index contributed by atoms with van der Waals surface area (Å²) in [5, 5.41) is 10.9. The van der Waals surface area contributed by atoms with Crippen molar-refractivity contribution in [3.8, 4) is 11.8 Å². The minimum absolute atomic E-state index is 0.166. The van der Waals surface area contributed by atoms with Crippen molar-refractivity contribution in [1.82, 2.24) is 5.32 Å². The van der Waals surface area contributed by atoms with Crippen molar-refractivity contribution >= 4 is 5.91 Å². The van der Waals surface area contributed by atoms with E-state index in [1.165, 1.54) is 19.2 Å². The number of benzene rings is 1. The van der Waals surface area contributed by atoms with Crippen LogP contribution in [0.3, 0.4) is 0 Å². The third-order valence-corrected chi connectivity index (χ3v) is 2.20. The predicted molar refractivity (Wildman–Crippen MR) is 59.9 cm³/mol. The number of hydrogen-bond donors (Lipinski definition) is 1. The summed E-state index contributed by atoms with van der Waals surface area (Å²) in [6.45, 7) is 0.348. The van der Waals surface area contributed by atoms with Gasteiger partial charge in [-0.2, -0.15) is 5.26 Å². The number of methoxy groups -OCH3 is 1. The highest BCUT2D eigenvalue weighted by atomic mass is 19.1. The second kappa shape index (κ2) is 6.48. The fourth-order valence-corrected chi connectivity index (χ4v) is 1.41. The van der Waals surface area contributed by atoms with E-state index >= 15 is 0 Å². The molecule has 0 aliphatic heterocycles. The first-order chi connectivity index (χ1) is 8.17. The summed E-state index contributed by atoms with van der Waals surface area (Å²) in [7, 11) is 1.50. The standard InChI is InChI=1S/C12H13FN2O2/c1-17-11-3-2-10(13)8-9(11)5-7-15-12(16)4-6-14/h2-3,8H,4-5,7H2,1H3,(H,15,16). The predicted octanol–water partition coefficient (Wildman–Crippen LogP) is 1.41. The van der Waals surface area contributed by atoms with Gasteiger partial charge in [0.25, 0.3) is 0 Å². The van der Waals surface area contributed by atoms with Gasteiger partial charge in [0.05, 0.1) is 13.2 Å². The number of ether oxygens (including phenoxy) is 1. The van der Waals surface area contributed by atoms with Crippen LogP contribution >= 0.6 is 0 Å². The molecule has 0 spiro atoms. The highest BCUT2D eigenvalue weighted by molar-refractivity contribution is 5.77. The van der Waals surface area contributed by atoms with E-state index in [1.54, 1.807) is 12.1 Å². The first-order valence-electron chi connectivity index (χ1n) is 5.13. The zero-order chi connectivity index (χ0) is 12.7. The minimum Gasteiger partial charge on any atom is -0.496 e. The maximum Gasteiger partial charge on any atom is 0.234 e. The number of nitriles is 1. The van der Waals surface area contributed by atoms with Gasteiger partial charge < -0.3 is 10.1 Å². The molecule has 0 unspecified atom stereocenters. The Balaban J connectivity index is 2.54. The van der Waals surface area contributed by atoms with Crippen LogP contribution in [0, 0.1) is 17.1 Å². The van der Waals surface area contributed by atoms with Crippen LogP contribution in [0.1, 0.15) is 12.0 Å². The second-order valence-corrected chi connectivity index (χ2v) is 3.39. The molecule has 4 nitrogen and oxygen atoms in total. The van der Waals surface area contributed by atoms with Gasteiger partial charge in [-0.15, -0.1) is 0 Å². The van der Waals surface area contributed by atoms with Crippen molar-refractivity contribution in [2.75, 3.05) is 13.7 Å². The lowest BCUT2D eigenvalue weighted by Gasteiger charge is -2.08. The van der Waals surface area contributed by atoms with Crippen LogP contribution in [-0.2, 0) is 11.2 Å². The molecule has 5 heteroatoms. The summed E-state index contributed by atoms with van der Waals surface area (Å²) >= 11 is 0. The quantitative estimate of drug-likeness (QED) is 0.840. The lowest BCUT2D eigenvalue weighted by Crippen LogP contribution is -2.25. The summed E-state index contributed by atoms with van der Waals surface area (Å²) < 4.78 is 18.1. The van der Waals surface area contributed by atoms with Crippen LogP contribution in [0.25, 0.3) is 0 Å². The van der Waals surface area contributed by atoms with E-state index in [0.29, 0.717) is 24.3 Å². The van der Waals surface area contributed by atoms with Crippen molar-refractivity contribution in [3.05, 3.63) is 29.6 Å². The van der Waals surface area contributed by atoms with E-state index in [0.717, 1.165) is 0 Å². The van der Waals surface area contributed by atoms with Crippen LogP contribution < -0.4 is 10.1 Å². The molecule has 90 valence electrons. The Kier molecular flexibility index (Phi) is 4.95. The van der Waals surface area contributed by atoms with E-state index in [-0.39, 0.29) is 18.1 Å². The van der Waals surface area contributed by atoms with E-state index in [1.807, 2.05) is 0 Å². The molecule has 0 bridgehead atoms. The van der Waals surface area contributed by atoms with Gasteiger partial charge in [0.1, 0.15) is 18.0 Å². The van der Waals surface area contributed by atoms with Crippen LogP contribution in [0.4, 0.5) is 4.39 Å². The lowest BCUT2D eigenvalue weighted by molar-refractivity contribution is -0.120. The number of nitrogens with zero attached hydrogens (tertiary/aromatic N) is 1. The Labute approximate surface area is 99.0 Å². The maximum absolute atomic E-state index is 13.0. The molecule has 0 fully saturated rings. The molecular weight excluding hydrogens is 223 g/mol. The molecule has 1 rings (SSSR count). The summed E-state index contributed by atoms with van der Waals surface area (Å²) in [5.41, 5.74) is 0.685. The van der Waals surface area contributed by atoms with Gasteiger partial charge >= 0.3 is 0 Å². The average molecular weight is 236 g/mol. The normalized spacial score (nSPS) is 9.47. The molecule has 0 saturated carbocycles. The molecule has 1 aromatic carbocycles. The second-order valence-electron chi connectivity index (χ2n) is 3.39. The topological polar surface area (TPSA) is 62.1 Å². The van der Waals surface area contributed by atoms with Gasteiger partial charge in [-0.1, -0.05) is 0 Å². The lowest BCUT2D eigenvalue weighted by atomic mass is 10.1. The van der Waals surface area contributed by atoms with E-state index < -0.39 is 0 Å². The monoisotopic (exact) mass is 236 g/mol. The molecule has 1 aromatic rings. The molecule has 0 heterocycles. The molecule has 0 atom stereocenters. The van der Waals surface area contributed by atoms with Crippen molar-refractivity contribution in [3.63, 3.8) is 0 Å². The molecule has 0 saturated heterocycles. The highest BCUT2D eigenvalue weighted by Crippen LogP contribution is 2.19. The Hall–Kier alpha value is -2.09. The molecular formula is C12H13FN2O2. The van der Waals surface area contributed by atoms with E-state index in [2.05, 4.69) is 5.32 Å². The number of hydrogen-bond acceptors (Lipinski definition) is 3. The number of carbonyl (C=O) groups is 1. The number of rotatable bonds is 5. The summed E-state index contributed by atoms with van der Waals surface area (Å²) in [5.74, 6) is -0.0899. The summed E-state index contributed by atoms with van der Waals surface area (Å²) in [6.07, 6.45) is 0.290. The summed E-state index contributed by atoms with van der Waals surface area (Å²) in [4.78, 5) is 11.0. The molecule has 0 aliphatic rings. The minimum atomic E-state index is -0.343. The zero-order valence-corrected chi connectivity index (χ0v) is 9.50. The van der Waals surface area contributed by atoms with Crippen molar-refractivity contribution in [2.24, 2.45) is 0 Å². The SMILES string of the molecule is COc1ccc(F)cc1CCNC(=O)CC#N. The number of carbonyl (C=O) groups excluding carboxylic acids is 1. The van der Waals surface area contributed by atoms with Crippen molar-refractivity contribution < 1.29 is 13.9 Å². The third-order valence-electron chi connectivity index (χ3n) is 2.20. The fraction of sp³-hybridized carbons (Fsp3) is 0.333. The highest BCUT2D eigenvalue weighted by Gasteiger charge is 2.05. The van der Waals surface area contributed by atoms with Crippen LogP contribution in [0.5, 0.6) is 5.75 Å². The number of nitrogens with one attached hydrogen (secondary N) is 1. The Morgan fingerprint density at radius 1 is 1.59 bits per heavy atom. The first-order valence-corrected chi connectivity index (χ1v) is 5.13. The Bertz CT molecular complexity index is 441. The molecule has 1 N–H and O–H groups in total. The number of amides is 1.